The van der Waals surface area contributed by atoms with Crippen LogP contribution in [-0.2, 0) is 4.79 Å². The highest BCUT2D eigenvalue weighted by molar-refractivity contribution is 7.17. The van der Waals surface area contributed by atoms with Gasteiger partial charge in [-0.05, 0) is 37.8 Å². The molecule has 23 heavy (non-hydrogen) atoms. The van der Waals surface area contributed by atoms with Gasteiger partial charge in [-0.15, -0.1) is 11.3 Å². The second-order valence-corrected chi connectivity index (χ2v) is 6.60. The van der Waals surface area contributed by atoms with Gasteiger partial charge < -0.3 is 9.67 Å². The van der Waals surface area contributed by atoms with E-state index in [2.05, 4.69) is 0 Å². The Morgan fingerprint density at radius 2 is 1.83 bits per heavy atom. The van der Waals surface area contributed by atoms with Crippen molar-refractivity contribution in [1.82, 2.24) is 4.57 Å². The summed E-state index contributed by atoms with van der Waals surface area (Å²) in [4.78, 5) is 25.2. The second kappa shape index (κ2) is 5.66. The fourth-order valence-electron chi connectivity index (χ4n) is 2.64. The summed E-state index contributed by atoms with van der Waals surface area (Å²) in [6, 6.07) is 8.34. The number of fused-ring (bicyclic) bond motifs is 1. The molecule has 0 saturated heterocycles. The van der Waals surface area contributed by atoms with Crippen LogP contribution in [0.4, 0.5) is 0 Å². The molecule has 3 aromatic rings. The molecule has 0 aliphatic carbocycles. The number of benzene rings is 1. The predicted molar refractivity (Wildman–Crippen MR) is 91.5 cm³/mol. The van der Waals surface area contributed by atoms with Gasteiger partial charge in [-0.3, -0.25) is 4.79 Å². The van der Waals surface area contributed by atoms with Crippen LogP contribution in [0.5, 0.6) is 0 Å². The Labute approximate surface area is 138 Å². The minimum atomic E-state index is -0.952. The Balaban J connectivity index is 2.19. The van der Waals surface area contributed by atoms with Crippen LogP contribution in [0.15, 0.2) is 35.7 Å². The smallest absolute Gasteiger partial charge is 0.326 e. The fourth-order valence-corrected chi connectivity index (χ4v) is 3.77. The van der Waals surface area contributed by atoms with Crippen molar-refractivity contribution in [2.45, 2.75) is 26.8 Å². The minimum absolute atomic E-state index is 0.152. The molecule has 2 heterocycles. The third-order valence-electron chi connectivity index (χ3n) is 4.05. The number of aryl methyl sites for hydroxylation is 2. The molecule has 0 fully saturated rings. The summed E-state index contributed by atoms with van der Waals surface area (Å²) >= 11 is 1.47. The van der Waals surface area contributed by atoms with Crippen molar-refractivity contribution in [1.29, 1.82) is 0 Å². The number of carboxylic acids is 1. The number of hydrogen-bond donors (Lipinski definition) is 1. The zero-order valence-corrected chi connectivity index (χ0v) is 14.0. The quantitative estimate of drug-likeness (QED) is 0.731. The Kier molecular flexibility index (Phi) is 3.82. The monoisotopic (exact) mass is 327 g/mol. The molecule has 2 aromatic heterocycles. The van der Waals surface area contributed by atoms with E-state index in [1.54, 1.807) is 23.6 Å². The van der Waals surface area contributed by atoms with Gasteiger partial charge in [0.25, 0.3) is 0 Å². The molecular formula is C18H17NO3S. The van der Waals surface area contributed by atoms with Gasteiger partial charge in [0, 0.05) is 10.9 Å². The standard InChI is InChI=1S/C18H17NO3S/c1-10-4-6-13(7-5-10)16(20)15-8-14-11(2)9-23-17(14)19(15)12(3)18(21)22/h4-9,12H,1-3H3,(H,21,22). The number of aromatic nitrogens is 1. The maximum Gasteiger partial charge on any atom is 0.326 e. The van der Waals surface area contributed by atoms with Gasteiger partial charge in [-0.25, -0.2) is 4.79 Å². The van der Waals surface area contributed by atoms with Crippen LogP contribution in [0, 0.1) is 13.8 Å². The van der Waals surface area contributed by atoms with E-state index in [1.165, 1.54) is 11.3 Å². The van der Waals surface area contributed by atoms with Crippen molar-refractivity contribution in [3.05, 3.63) is 58.1 Å². The van der Waals surface area contributed by atoms with E-state index in [9.17, 15) is 14.7 Å². The Morgan fingerprint density at radius 3 is 2.43 bits per heavy atom. The van der Waals surface area contributed by atoms with Crippen molar-refractivity contribution in [2.75, 3.05) is 0 Å². The normalized spacial score (nSPS) is 12.5. The van der Waals surface area contributed by atoms with Crippen molar-refractivity contribution < 1.29 is 14.7 Å². The van der Waals surface area contributed by atoms with Crippen LogP contribution < -0.4 is 0 Å². The maximum atomic E-state index is 12.9. The van der Waals surface area contributed by atoms with Crippen LogP contribution in [0.1, 0.15) is 40.1 Å². The van der Waals surface area contributed by atoms with E-state index in [4.69, 9.17) is 0 Å². The predicted octanol–water partition coefficient (Wildman–Crippen LogP) is 4.20. The number of ketones is 1. The lowest BCUT2D eigenvalue weighted by atomic mass is 10.1. The average molecular weight is 327 g/mol. The topological polar surface area (TPSA) is 59.3 Å². The number of nitrogens with zero attached hydrogens (tertiary/aromatic N) is 1. The lowest BCUT2D eigenvalue weighted by Crippen LogP contribution is -2.20. The number of carboxylic acid groups (broad SMARTS) is 1. The molecule has 1 unspecified atom stereocenters. The summed E-state index contributed by atoms with van der Waals surface area (Å²) in [6.07, 6.45) is 0. The molecule has 1 atom stereocenters. The van der Waals surface area contributed by atoms with E-state index >= 15 is 0 Å². The van der Waals surface area contributed by atoms with Gasteiger partial charge in [0.1, 0.15) is 10.9 Å². The van der Waals surface area contributed by atoms with Crippen LogP contribution >= 0.6 is 11.3 Å². The number of carbonyl (C=O) groups is 2. The molecule has 118 valence electrons. The first kappa shape index (κ1) is 15.5. The van der Waals surface area contributed by atoms with Crippen molar-refractivity contribution in [3.63, 3.8) is 0 Å². The van der Waals surface area contributed by atoms with E-state index in [0.29, 0.717) is 11.3 Å². The summed E-state index contributed by atoms with van der Waals surface area (Å²) in [5.74, 6) is -1.10. The lowest BCUT2D eigenvalue weighted by molar-refractivity contribution is -0.140. The maximum absolute atomic E-state index is 12.9. The van der Waals surface area contributed by atoms with Gasteiger partial charge in [0.05, 0.1) is 5.69 Å². The number of rotatable bonds is 4. The molecule has 5 heteroatoms. The molecule has 0 aliphatic heterocycles. The van der Waals surface area contributed by atoms with Crippen LogP contribution in [0.2, 0.25) is 0 Å². The first-order valence-corrected chi connectivity index (χ1v) is 8.21. The Hall–Kier alpha value is -2.40. The molecule has 1 aromatic carbocycles. The van der Waals surface area contributed by atoms with E-state index in [-0.39, 0.29) is 5.78 Å². The highest BCUT2D eigenvalue weighted by Crippen LogP contribution is 2.33. The summed E-state index contributed by atoms with van der Waals surface area (Å²) in [5.41, 5.74) is 3.12. The lowest BCUT2D eigenvalue weighted by Gasteiger charge is -2.13. The molecule has 0 amide bonds. The SMILES string of the molecule is Cc1ccc(C(=O)c2cc3c(C)csc3n2C(C)C(=O)O)cc1. The zero-order valence-electron chi connectivity index (χ0n) is 13.2. The summed E-state index contributed by atoms with van der Waals surface area (Å²) in [6.45, 7) is 5.53. The van der Waals surface area contributed by atoms with Crippen LogP contribution in [-0.4, -0.2) is 21.4 Å². The van der Waals surface area contributed by atoms with Gasteiger partial charge in [0.15, 0.2) is 0 Å². The van der Waals surface area contributed by atoms with Gasteiger partial charge in [0.2, 0.25) is 5.78 Å². The molecule has 1 N–H and O–H groups in total. The highest BCUT2D eigenvalue weighted by atomic mass is 32.1. The fraction of sp³-hybridized carbons (Fsp3) is 0.222. The first-order valence-electron chi connectivity index (χ1n) is 7.33. The third kappa shape index (κ3) is 2.57. The summed E-state index contributed by atoms with van der Waals surface area (Å²) in [7, 11) is 0. The van der Waals surface area contributed by atoms with Crippen molar-refractivity contribution in [3.8, 4) is 0 Å². The minimum Gasteiger partial charge on any atom is -0.480 e. The summed E-state index contributed by atoms with van der Waals surface area (Å²) in [5, 5.41) is 12.3. The largest absolute Gasteiger partial charge is 0.480 e. The molecule has 0 bridgehead atoms. The molecule has 3 rings (SSSR count). The highest BCUT2D eigenvalue weighted by Gasteiger charge is 2.25. The van der Waals surface area contributed by atoms with E-state index in [1.807, 2.05) is 37.4 Å². The van der Waals surface area contributed by atoms with Gasteiger partial charge in [-0.2, -0.15) is 0 Å². The molecule has 0 spiro atoms. The van der Waals surface area contributed by atoms with Crippen LogP contribution in [0.3, 0.4) is 0 Å². The number of carbonyl (C=O) groups excluding carboxylic acids is 1. The van der Waals surface area contributed by atoms with Crippen molar-refractivity contribution in [2.24, 2.45) is 0 Å². The molecule has 0 radical (unpaired) electrons. The average Bonchev–Trinajstić information content (AvgIpc) is 3.06. The van der Waals surface area contributed by atoms with E-state index in [0.717, 1.165) is 21.3 Å². The van der Waals surface area contributed by atoms with E-state index < -0.39 is 12.0 Å². The molecule has 4 nitrogen and oxygen atoms in total. The van der Waals surface area contributed by atoms with Gasteiger partial charge in [-0.1, -0.05) is 29.8 Å². The summed E-state index contributed by atoms with van der Waals surface area (Å²) < 4.78 is 1.64. The number of hydrogen-bond acceptors (Lipinski definition) is 3. The molecule has 0 aliphatic rings. The van der Waals surface area contributed by atoms with Crippen molar-refractivity contribution >= 4 is 33.3 Å². The number of thiophene rings is 1. The number of aliphatic carboxylic acids is 1. The molecule has 0 saturated carbocycles. The third-order valence-corrected chi connectivity index (χ3v) is 5.16. The molecular weight excluding hydrogens is 310 g/mol. The Bertz CT molecular complexity index is 902. The van der Waals surface area contributed by atoms with Crippen LogP contribution in [0.25, 0.3) is 10.2 Å². The van der Waals surface area contributed by atoms with Gasteiger partial charge >= 0.3 is 5.97 Å². The second-order valence-electron chi connectivity index (χ2n) is 5.75. The Morgan fingerprint density at radius 1 is 1.17 bits per heavy atom. The zero-order chi connectivity index (χ0) is 16.7. The first-order chi connectivity index (χ1) is 10.9.